The Kier molecular flexibility index (Phi) is 4.52. The van der Waals surface area contributed by atoms with Crippen LogP contribution < -0.4 is 5.32 Å². The summed E-state index contributed by atoms with van der Waals surface area (Å²) < 4.78 is 0. The zero-order valence-corrected chi connectivity index (χ0v) is 7.97. The van der Waals surface area contributed by atoms with Crippen LogP contribution in [0.4, 0.5) is 5.82 Å². The maximum absolute atomic E-state index is 4.05. The van der Waals surface area contributed by atoms with Crippen molar-refractivity contribution in [1.82, 2.24) is 9.97 Å². The van der Waals surface area contributed by atoms with Crippen LogP contribution in [0.25, 0.3) is 0 Å². The summed E-state index contributed by atoms with van der Waals surface area (Å²) in [7, 11) is 0. The van der Waals surface area contributed by atoms with Crippen LogP contribution in [0.5, 0.6) is 0 Å². The zero-order valence-electron chi connectivity index (χ0n) is 7.16. The van der Waals surface area contributed by atoms with Gasteiger partial charge in [0.05, 0.1) is 0 Å². The van der Waals surface area contributed by atoms with Crippen LogP contribution in [-0.4, -0.2) is 28.5 Å². The second kappa shape index (κ2) is 5.83. The van der Waals surface area contributed by atoms with Crippen molar-refractivity contribution >= 4 is 17.6 Å². The molecule has 0 amide bonds. The standard InChI is InChI=1S/C8H13N3S/c1-12-6-2-4-10-8-3-5-9-7-11-8/h3,5,7H,2,4,6H2,1H3,(H,9,10,11). The maximum Gasteiger partial charge on any atom is 0.129 e. The number of aromatic nitrogens is 2. The molecular weight excluding hydrogens is 170 g/mol. The Morgan fingerprint density at radius 2 is 2.50 bits per heavy atom. The molecule has 0 fully saturated rings. The minimum atomic E-state index is 0.908. The van der Waals surface area contributed by atoms with Gasteiger partial charge in [0.25, 0.3) is 0 Å². The molecule has 0 saturated heterocycles. The monoisotopic (exact) mass is 183 g/mol. The Hall–Kier alpha value is -0.770. The summed E-state index contributed by atoms with van der Waals surface area (Å²) in [4.78, 5) is 7.88. The summed E-state index contributed by atoms with van der Waals surface area (Å²) in [5.74, 6) is 2.10. The van der Waals surface area contributed by atoms with E-state index in [1.165, 1.54) is 12.2 Å². The lowest BCUT2D eigenvalue weighted by Gasteiger charge is -2.02. The van der Waals surface area contributed by atoms with Crippen LogP contribution in [-0.2, 0) is 0 Å². The van der Waals surface area contributed by atoms with Crippen molar-refractivity contribution in [2.75, 3.05) is 23.9 Å². The van der Waals surface area contributed by atoms with Crippen molar-refractivity contribution in [1.29, 1.82) is 0 Å². The van der Waals surface area contributed by atoms with Gasteiger partial charge in [-0.25, -0.2) is 9.97 Å². The smallest absolute Gasteiger partial charge is 0.129 e. The van der Waals surface area contributed by atoms with Gasteiger partial charge in [-0.15, -0.1) is 0 Å². The highest BCUT2D eigenvalue weighted by Gasteiger charge is 1.89. The predicted molar refractivity (Wildman–Crippen MR) is 53.5 cm³/mol. The fourth-order valence-electron chi connectivity index (χ4n) is 0.828. The van der Waals surface area contributed by atoms with Crippen LogP contribution in [0.1, 0.15) is 6.42 Å². The molecule has 0 aliphatic heterocycles. The highest BCUT2D eigenvalue weighted by atomic mass is 32.2. The predicted octanol–water partition coefficient (Wildman–Crippen LogP) is 1.64. The molecule has 3 nitrogen and oxygen atoms in total. The summed E-state index contributed by atoms with van der Waals surface area (Å²) in [5.41, 5.74) is 0. The van der Waals surface area contributed by atoms with Crippen LogP contribution >= 0.6 is 11.8 Å². The fraction of sp³-hybridized carbons (Fsp3) is 0.500. The van der Waals surface area contributed by atoms with Gasteiger partial charge in [-0.05, 0) is 24.5 Å². The molecule has 0 radical (unpaired) electrons. The van der Waals surface area contributed by atoms with E-state index in [0.29, 0.717) is 0 Å². The lowest BCUT2D eigenvalue weighted by molar-refractivity contribution is 0.976. The van der Waals surface area contributed by atoms with Gasteiger partial charge in [0, 0.05) is 12.7 Å². The minimum Gasteiger partial charge on any atom is -0.370 e. The molecule has 1 aromatic rings. The van der Waals surface area contributed by atoms with Gasteiger partial charge >= 0.3 is 0 Å². The highest BCUT2D eigenvalue weighted by molar-refractivity contribution is 7.98. The second-order valence-corrected chi connectivity index (χ2v) is 3.35. The summed E-state index contributed by atoms with van der Waals surface area (Å²) in [5, 5.41) is 3.22. The molecule has 1 aromatic heterocycles. The molecule has 0 atom stereocenters. The number of hydrogen-bond acceptors (Lipinski definition) is 4. The van der Waals surface area contributed by atoms with Crippen LogP contribution in [0, 0.1) is 0 Å². The Labute approximate surface area is 77.0 Å². The van der Waals surface area contributed by atoms with Gasteiger partial charge < -0.3 is 5.32 Å². The number of thioether (sulfide) groups is 1. The van der Waals surface area contributed by atoms with Gasteiger partial charge in [-0.2, -0.15) is 11.8 Å². The first-order valence-electron chi connectivity index (χ1n) is 3.92. The van der Waals surface area contributed by atoms with Crippen molar-refractivity contribution in [2.24, 2.45) is 0 Å². The quantitative estimate of drug-likeness (QED) is 0.704. The highest BCUT2D eigenvalue weighted by Crippen LogP contribution is 1.99. The summed E-state index contributed by atoms with van der Waals surface area (Å²) in [6.07, 6.45) is 6.58. The van der Waals surface area contributed by atoms with Crippen LogP contribution in [0.3, 0.4) is 0 Å². The molecule has 0 unspecified atom stereocenters. The first kappa shape index (κ1) is 9.32. The molecule has 66 valence electrons. The molecule has 0 aliphatic rings. The molecular formula is C8H13N3S. The maximum atomic E-state index is 4.05. The summed E-state index contributed by atoms with van der Waals surface area (Å²) in [6.45, 7) is 0.984. The molecule has 1 rings (SSSR count). The number of nitrogens with zero attached hydrogens (tertiary/aromatic N) is 2. The normalized spacial score (nSPS) is 9.75. The molecule has 0 saturated carbocycles. The molecule has 0 aromatic carbocycles. The van der Waals surface area contributed by atoms with Crippen LogP contribution in [0.15, 0.2) is 18.6 Å². The van der Waals surface area contributed by atoms with E-state index < -0.39 is 0 Å². The van der Waals surface area contributed by atoms with Crippen molar-refractivity contribution in [3.05, 3.63) is 18.6 Å². The molecule has 0 aliphatic carbocycles. The Balaban J connectivity index is 2.16. The van der Waals surface area contributed by atoms with E-state index in [1.807, 2.05) is 17.8 Å². The summed E-state index contributed by atoms with van der Waals surface area (Å²) in [6, 6.07) is 1.87. The van der Waals surface area contributed by atoms with Gasteiger partial charge in [-0.3, -0.25) is 0 Å². The Morgan fingerprint density at radius 3 is 3.17 bits per heavy atom. The second-order valence-electron chi connectivity index (χ2n) is 2.37. The third-order valence-electron chi connectivity index (χ3n) is 1.41. The van der Waals surface area contributed by atoms with Gasteiger partial charge in [0.1, 0.15) is 12.1 Å². The fourth-order valence-corrected chi connectivity index (χ4v) is 1.26. The van der Waals surface area contributed by atoms with Gasteiger partial charge in [-0.1, -0.05) is 0 Å². The molecule has 0 bridgehead atoms. The SMILES string of the molecule is CSCCCNc1ccncn1. The van der Waals surface area contributed by atoms with Crippen LogP contribution in [0.2, 0.25) is 0 Å². The van der Waals surface area contributed by atoms with Crippen molar-refractivity contribution in [3.63, 3.8) is 0 Å². The first-order chi connectivity index (χ1) is 5.93. The van der Waals surface area contributed by atoms with Crippen molar-refractivity contribution in [2.45, 2.75) is 6.42 Å². The third kappa shape index (κ3) is 3.57. The largest absolute Gasteiger partial charge is 0.370 e. The number of anilines is 1. The molecule has 1 heterocycles. The molecule has 4 heteroatoms. The minimum absolute atomic E-state index is 0.908. The molecule has 1 N–H and O–H groups in total. The Bertz CT molecular complexity index is 203. The van der Waals surface area contributed by atoms with E-state index in [-0.39, 0.29) is 0 Å². The third-order valence-corrected chi connectivity index (χ3v) is 2.11. The van der Waals surface area contributed by atoms with E-state index >= 15 is 0 Å². The number of rotatable bonds is 5. The van der Waals surface area contributed by atoms with E-state index in [1.54, 1.807) is 12.5 Å². The Morgan fingerprint density at radius 1 is 1.58 bits per heavy atom. The first-order valence-corrected chi connectivity index (χ1v) is 5.31. The zero-order chi connectivity index (χ0) is 8.65. The average molecular weight is 183 g/mol. The lowest BCUT2D eigenvalue weighted by atomic mass is 10.4. The van der Waals surface area contributed by atoms with E-state index in [2.05, 4.69) is 21.5 Å². The van der Waals surface area contributed by atoms with Crippen molar-refractivity contribution < 1.29 is 0 Å². The average Bonchev–Trinajstić information content (AvgIpc) is 2.14. The van der Waals surface area contributed by atoms with E-state index in [9.17, 15) is 0 Å². The van der Waals surface area contributed by atoms with E-state index in [0.717, 1.165) is 12.4 Å². The molecule has 12 heavy (non-hydrogen) atoms. The topological polar surface area (TPSA) is 37.8 Å². The summed E-state index contributed by atoms with van der Waals surface area (Å²) >= 11 is 1.86. The number of hydrogen-bond donors (Lipinski definition) is 1. The number of nitrogens with one attached hydrogen (secondary N) is 1. The van der Waals surface area contributed by atoms with E-state index in [4.69, 9.17) is 0 Å². The molecule has 0 spiro atoms. The van der Waals surface area contributed by atoms with Gasteiger partial charge in [0.15, 0.2) is 0 Å². The van der Waals surface area contributed by atoms with Gasteiger partial charge in [0.2, 0.25) is 0 Å². The van der Waals surface area contributed by atoms with Crippen molar-refractivity contribution in [3.8, 4) is 0 Å². The lowest BCUT2D eigenvalue weighted by Crippen LogP contribution is -2.03.